The first-order chi connectivity index (χ1) is 13.2. The lowest BCUT2D eigenvalue weighted by Crippen LogP contribution is -2.13. The van der Waals surface area contributed by atoms with E-state index in [2.05, 4.69) is 20.4 Å². The van der Waals surface area contributed by atoms with E-state index in [1.165, 1.54) is 12.1 Å². The summed E-state index contributed by atoms with van der Waals surface area (Å²) in [6.45, 7) is 1.77. The number of rotatable bonds is 5. The molecule has 0 aliphatic rings. The second kappa shape index (κ2) is 7.37. The molecule has 1 unspecified atom stereocenters. The Balaban J connectivity index is 1.70. The number of pyridine rings is 1. The zero-order valence-corrected chi connectivity index (χ0v) is 14.6. The fraction of sp³-hybridized carbons (Fsp3) is 0.0952. The molecule has 1 N–H and O–H groups in total. The molecule has 0 spiro atoms. The Morgan fingerprint density at radius 2 is 1.78 bits per heavy atom. The van der Waals surface area contributed by atoms with Crippen LogP contribution in [0.15, 0.2) is 77.4 Å². The predicted molar refractivity (Wildman–Crippen MR) is 101 cm³/mol. The van der Waals surface area contributed by atoms with Crippen LogP contribution in [-0.4, -0.2) is 15.1 Å². The minimum Gasteiger partial charge on any atom is -0.359 e. The number of aromatic nitrogens is 3. The zero-order valence-electron chi connectivity index (χ0n) is 14.6. The van der Waals surface area contributed by atoms with E-state index in [1.807, 2.05) is 42.5 Å². The molecule has 5 nitrogen and oxygen atoms in total. The second-order valence-electron chi connectivity index (χ2n) is 6.12. The molecule has 2 heterocycles. The molecule has 0 aliphatic carbocycles. The predicted octanol–water partition coefficient (Wildman–Crippen LogP) is 4.78. The number of hydrogen-bond acceptors (Lipinski definition) is 5. The number of anilines is 1. The molecule has 6 heteroatoms. The van der Waals surface area contributed by atoms with Crippen LogP contribution in [0.3, 0.4) is 0 Å². The summed E-state index contributed by atoms with van der Waals surface area (Å²) in [7, 11) is 0. The van der Waals surface area contributed by atoms with Crippen LogP contribution in [0.25, 0.3) is 11.5 Å². The zero-order chi connectivity index (χ0) is 18.6. The molecular formula is C21H17FN4O. The Morgan fingerprint density at radius 3 is 2.52 bits per heavy atom. The summed E-state index contributed by atoms with van der Waals surface area (Å²) >= 11 is 0. The van der Waals surface area contributed by atoms with Gasteiger partial charge < -0.3 is 9.84 Å². The highest BCUT2D eigenvalue weighted by atomic mass is 19.1. The Bertz CT molecular complexity index is 1050. The van der Waals surface area contributed by atoms with Crippen molar-refractivity contribution in [1.29, 1.82) is 0 Å². The third kappa shape index (κ3) is 3.84. The van der Waals surface area contributed by atoms with Gasteiger partial charge in [0, 0.05) is 11.8 Å². The Labute approximate surface area is 155 Å². The van der Waals surface area contributed by atoms with Crippen LogP contribution in [0, 0.1) is 12.7 Å². The molecule has 2 aromatic heterocycles. The summed E-state index contributed by atoms with van der Waals surface area (Å²) in [6, 6.07) is 19.8. The van der Waals surface area contributed by atoms with Crippen LogP contribution in [-0.2, 0) is 0 Å². The van der Waals surface area contributed by atoms with Gasteiger partial charge in [0.05, 0.1) is 6.04 Å². The molecule has 0 saturated carbocycles. The van der Waals surface area contributed by atoms with E-state index in [4.69, 9.17) is 4.52 Å². The molecule has 1 atom stereocenters. The van der Waals surface area contributed by atoms with Crippen LogP contribution in [0.5, 0.6) is 0 Å². The maximum atomic E-state index is 13.8. The Hall–Kier alpha value is -3.54. The molecule has 0 radical (unpaired) electrons. The van der Waals surface area contributed by atoms with E-state index in [0.717, 1.165) is 16.7 Å². The summed E-state index contributed by atoms with van der Waals surface area (Å²) in [6.07, 6.45) is 1.67. The van der Waals surface area contributed by atoms with Crippen molar-refractivity contribution in [3.05, 3.63) is 95.7 Å². The van der Waals surface area contributed by atoms with Gasteiger partial charge in [0.15, 0.2) is 5.82 Å². The number of aryl methyl sites for hydroxylation is 1. The SMILES string of the molecule is Cc1noc(-c2ccnc(NC(c3ccccc3)c3cccc(F)c3)c2)n1. The smallest absolute Gasteiger partial charge is 0.258 e. The van der Waals surface area contributed by atoms with Gasteiger partial charge in [0.25, 0.3) is 5.89 Å². The molecule has 27 heavy (non-hydrogen) atoms. The van der Waals surface area contributed by atoms with Gasteiger partial charge in [-0.2, -0.15) is 4.98 Å². The van der Waals surface area contributed by atoms with Crippen molar-refractivity contribution in [2.24, 2.45) is 0 Å². The van der Waals surface area contributed by atoms with Crippen LogP contribution < -0.4 is 5.32 Å². The second-order valence-corrected chi connectivity index (χ2v) is 6.12. The summed E-state index contributed by atoms with van der Waals surface area (Å²) in [4.78, 5) is 8.64. The van der Waals surface area contributed by atoms with Gasteiger partial charge in [-0.05, 0) is 42.3 Å². The highest BCUT2D eigenvalue weighted by molar-refractivity contribution is 5.59. The minimum absolute atomic E-state index is 0.255. The third-order valence-electron chi connectivity index (χ3n) is 4.14. The van der Waals surface area contributed by atoms with Crippen molar-refractivity contribution in [3.63, 3.8) is 0 Å². The monoisotopic (exact) mass is 360 g/mol. The molecule has 0 aliphatic heterocycles. The minimum atomic E-state index is -0.279. The third-order valence-corrected chi connectivity index (χ3v) is 4.14. The number of nitrogens with zero attached hydrogens (tertiary/aromatic N) is 3. The van der Waals surface area contributed by atoms with Gasteiger partial charge in [0.2, 0.25) is 0 Å². The number of hydrogen-bond donors (Lipinski definition) is 1. The fourth-order valence-electron chi connectivity index (χ4n) is 2.90. The Morgan fingerprint density at radius 1 is 0.963 bits per heavy atom. The molecule has 2 aromatic carbocycles. The summed E-state index contributed by atoms with van der Waals surface area (Å²) in [5, 5.41) is 7.21. The maximum absolute atomic E-state index is 13.8. The largest absolute Gasteiger partial charge is 0.359 e. The molecule has 4 rings (SSSR count). The van der Waals surface area contributed by atoms with Gasteiger partial charge in [-0.1, -0.05) is 47.6 Å². The van der Waals surface area contributed by atoms with Crippen molar-refractivity contribution in [3.8, 4) is 11.5 Å². The van der Waals surface area contributed by atoms with Crippen LogP contribution in [0.1, 0.15) is 23.0 Å². The van der Waals surface area contributed by atoms with E-state index in [1.54, 1.807) is 25.3 Å². The summed E-state index contributed by atoms with van der Waals surface area (Å²) in [5.74, 6) is 1.35. The molecule has 0 bridgehead atoms. The quantitative estimate of drug-likeness (QED) is 0.555. The van der Waals surface area contributed by atoms with Gasteiger partial charge in [-0.3, -0.25) is 0 Å². The lowest BCUT2D eigenvalue weighted by atomic mass is 9.98. The van der Waals surface area contributed by atoms with E-state index < -0.39 is 0 Å². The van der Waals surface area contributed by atoms with Gasteiger partial charge in [-0.15, -0.1) is 0 Å². The average Bonchev–Trinajstić information content (AvgIpc) is 3.13. The Kier molecular flexibility index (Phi) is 4.61. The average molecular weight is 360 g/mol. The highest BCUT2D eigenvalue weighted by Crippen LogP contribution is 2.28. The molecule has 0 amide bonds. The first-order valence-corrected chi connectivity index (χ1v) is 8.53. The normalized spacial score (nSPS) is 11.9. The van der Waals surface area contributed by atoms with Gasteiger partial charge in [0.1, 0.15) is 11.6 Å². The molecule has 0 saturated heterocycles. The van der Waals surface area contributed by atoms with E-state index >= 15 is 0 Å². The molecule has 0 fully saturated rings. The van der Waals surface area contributed by atoms with Crippen molar-refractivity contribution in [1.82, 2.24) is 15.1 Å². The molecule has 134 valence electrons. The van der Waals surface area contributed by atoms with E-state index in [9.17, 15) is 4.39 Å². The standard InChI is InChI=1S/C21H17FN4O/c1-14-24-21(27-26-14)17-10-11-23-19(13-17)25-20(15-6-3-2-4-7-15)16-8-5-9-18(22)12-16/h2-13,20H,1H3,(H,23,25). The number of halogens is 1. The van der Waals surface area contributed by atoms with Crippen molar-refractivity contribution >= 4 is 5.82 Å². The van der Waals surface area contributed by atoms with Gasteiger partial charge >= 0.3 is 0 Å². The number of nitrogens with one attached hydrogen (secondary N) is 1. The number of benzene rings is 2. The fourth-order valence-corrected chi connectivity index (χ4v) is 2.90. The maximum Gasteiger partial charge on any atom is 0.258 e. The van der Waals surface area contributed by atoms with Gasteiger partial charge in [-0.25, -0.2) is 9.37 Å². The first kappa shape index (κ1) is 16.9. The first-order valence-electron chi connectivity index (χ1n) is 8.53. The van der Waals surface area contributed by atoms with E-state index in [-0.39, 0.29) is 11.9 Å². The lowest BCUT2D eigenvalue weighted by molar-refractivity contribution is 0.425. The topological polar surface area (TPSA) is 63.8 Å². The van der Waals surface area contributed by atoms with Crippen molar-refractivity contribution in [2.45, 2.75) is 13.0 Å². The summed E-state index contributed by atoms with van der Waals surface area (Å²) in [5.41, 5.74) is 2.57. The van der Waals surface area contributed by atoms with E-state index in [0.29, 0.717) is 17.5 Å². The molecular weight excluding hydrogens is 343 g/mol. The van der Waals surface area contributed by atoms with Crippen molar-refractivity contribution in [2.75, 3.05) is 5.32 Å². The van der Waals surface area contributed by atoms with Crippen molar-refractivity contribution < 1.29 is 8.91 Å². The van der Waals surface area contributed by atoms with Crippen LogP contribution >= 0.6 is 0 Å². The van der Waals surface area contributed by atoms with Crippen LogP contribution in [0.2, 0.25) is 0 Å². The summed E-state index contributed by atoms with van der Waals surface area (Å²) < 4.78 is 19.0. The lowest BCUT2D eigenvalue weighted by Gasteiger charge is -2.20. The molecule has 4 aromatic rings. The van der Waals surface area contributed by atoms with Crippen LogP contribution in [0.4, 0.5) is 10.2 Å². The highest BCUT2D eigenvalue weighted by Gasteiger charge is 2.16.